The Balaban J connectivity index is 2.00. The number of rotatable bonds is 3. The fourth-order valence-corrected chi connectivity index (χ4v) is 2.27. The zero-order chi connectivity index (χ0) is 12.3. The normalized spacial score (nSPS) is 22.0. The van der Waals surface area contributed by atoms with Crippen LogP contribution in [-0.2, 0) is 15.8 Å². The topological polar surface area (TPSA) is 46.5 Å². The van der Waals surface area contributed by atoms with E-state index in [1.165, 1.54) is 5.57 Å². The predicted octanol–water partition coefficient (Wildman–Crippen LogP) is 3.41. The first kappa shape index (κ1) is 12.3. The molecule has 0 aromatic carbocycles. The molecule has 0 saturated carbocycles. The summed E-state index contributed by atoms with van der Waals surface area (Å²) in [7, 11) is 0. The molecule has 0 saturated heterocycles. The first-order valence-corrected chi connectivity index (χ1v) is 6.80. The van der Waals surface area contributed by atoms with Crippen LogP contribution in [0.25, 0.3) is 0 Å². The van der Waals surface area contributed by atoms with Crippen molar-refractivity contribution in [3.05, 3.63) is 46.3 Å². The molecule has 0 aromatic rings. The first-order chi connectivity index (χ1) is 8.15. The molecular formula is C13H16O3S. The molecule has 0 spiro atoms. The second-order valence-electron chi connectivity index (χ2n) is 4.26. The summed E-state index contributed by atoms with van der Waals surface area (Å²) in [6, 6.07) is 0. The van der Waals surface area contributed by atoms with Crippen molar-refractivity contribution in [2.45, 2.75) is 32.6 Å². The van der Waals surface area contributed by atoms with Gasteiger partial charge in [0, 0.05) is 17.7 Å². The first-order valence-electron chi connectivity index (χ1n) is 5.70. The van der Waals surface area contributed by atoms with Gasteiger partial charge in [0.2, 0.25) is 0 Å². The molecule has 0 aromatic heterocycles. The molecule has 1 atom stereocenters. The van der Waals surface area contributed by atoms with Crippen LogP contribution in [0.1, 0.15) is 32.6 Å². The summed E-state index contributed by atoms with van der Waals surface area (Å²) >= 11 is -1.84. The number of ether oxygens (including phenoxy) is 1. The highest BCUT2D eigenvalue weighted by molar-refractivity contribution is 7.83. The summed E-state index contributed by atoms with van der Waals surface area (Å²) < 4.78 is 25.5. The van der Waals surface area contributed by atoms with Crippen LogP contribution in [0, 0.1) is 0 Å². The van der Waals surface area contributed by atoms with E-state index in [2.05, 4.69) is 13.0 Å². The molecule has 1 unspecified atom stereocenters. The second kappa shape index (κ2) is 5.47. The summed E-state index contributed by atoms with van der Waals surface area (Å²) in [5.41, 5.74) is 1.37. The van der Waals surface area contributed by atoms with Crippen LogP contribution in [0.3, 0.4) is 0 Å². The highest BCUT2D eigenvalue weighted by atomic mass is 32.2. The van der Waals surface area contributed by atoms with E-state index in [-0.39, 0.29) is 0 Å². The molecule has 0 fully saturated rings. The van der Waals surface area contributed by atoms with Crippen molar-refractivity contribution in [2.24, 2.45) is 0 Å². The highest BCUT2D eigenvalue weighted by Gasteiger charge is 2.13. The van der Waals surface area contributed by atoms with Gasteiger partial charge in [-0.1, -0.05) is 11.6 Å². The Bertz CT molecular complexity index is 455. The Morgan fingerprint density at radius 3 is 2.18 bits per heavy atom. The van der Waals surface area contributed by atoms with Crippen molar-refractivity contribution in [1.29, 1.82) is 0 Å². The Labute approximate surface area is 104 Å². The van der Waals surface area contributed by atoms with Crippen LogP contribution in [0.2, 0.25) is 0 Å². The number of allylic oxidation sites excluding steroid dienone is 8. The van der Waals surface area contributed by atoms with E-state index in [0.29, 0.717) is 17.7 Å². The van der Waals surface area contributed by atoms with E-state index in [1.807, 2.05) is 6.08 Å². The second-order valence-corrected chi connectivity index (χ2v) is 5.29. The van der Waals surface area contributed by atoms with Crippen molar-refractivity contribution < 1.29 is 13.5 Å². The fraction of sp³-hybridized carbons (Fsp3) is 0.385. The maximum Gasteiger partial charge on any atom is 0.182 e. The van der Waals surface area contributed by atoms with Gasteiger partial charge in [-0.15, -0.1) is 0 Å². The molecule has 3 nitrogen and oxygen atoms in total. The minimum Gasteiger partial charge on any atom is -0.466 e. The lowest BCUT2D eigenvalue weighted by molar-refractivity contribution is 0.274. The van der Waals surface area contributed by atoms with E-state index in [4.69, 9.17) is 9.29 Å². The van der Waals surface area contributed by atoms with Gasteiger partial charge in [0.1, 0.15) is 11.5 Å². The quantitative estimate of drug-likeness (QED) is 0.783. The molecule has 0 radical (unpaired) electrons. The van der Waals surface area contributed by atoms with E-state index in [0.717, 1.165) is 24.4 Å². The smallest absolute Gasteiger partial charge is 0.182 e. The third-order valence-electron chi connectivity index (χ3n) is 2.88. The zero-order valence-electron chi connectivity index (χ0n) is 9.81. The van der Waals surface area contributed by atoms with Crippen LogP contribution < -0.4 is 0 Å². The van der Waals surface area contributed by atoms with E-state index >= 15 is 0 Å². The van der Waals surface area contributed by atoms with Crippen molar-refractivity contribution in [3.63, 3.8) is 0 Å². The Morgan fingerprint density at radius 2 is 1.71 bits per heavy atom. The van der Waals surface area contributed by atoms with Gasteiger partial charge in [0.05, 0.1) is 0 Å². The van der Waals surface area contributed by atoms with Gasteiger partial charge < -0.3 is 9.29 Å². The zero-order valence-corrected chi connectivity index (χ0v) is 10.6. The Kier molecular flexibility index (Phi) is 3.97. The average molecular weight is 252 g/mol. The number of hydrogen-bond donors (Lipinski definition) is 1. The fourth-order valence-electron chi connectivity index (χ4n) is 1.81. The monoisotopic (exact) mass is 252 g/mol. The molecule has 0 amide bonds. The maximum atomic E-state index is 10.8. The molecule has 17 heavy (non-hydrogen) atoms. The van der Waals surface area contributed by atoms with Crippen LogP contribution in [-0.4, -0.2) is 8.76 Å². The summed E-state index contributed by atoms with van der Waals surface area (Å²) in [5.74, 6) is 1.85. The lowest BCUT2D eigenvalue weighted by Crippen LogP contribution is -2.03. The summed E-state index contributed by atoms with van der Waals surface area (Å²) in [5, 5.41) is 0. The largest absolute Gasteiger partial charge is 0.466 e. The lowest BCUT2D eigenvalue weighted by Gasteiger charge is -2.17. The van der Waals surface area contributed by atoms with Gasteiger partial charge in [0.25, 0.3) is 0 Å². The molecule has 2 rings (SSSR count). The van der Waals surface area contributed by atoms with Crippen LogP contribution >= 0.6 is 0 Å². The number of hydrogen-bond acceptors (Lipinski definition) is 2. The maximum absolute atomic E-state index is 10.8. The third kappa shape index (κ3) is 3.41. The van der Waals surface area contributed by atoms with Crippen LogP contribution in [0.5, 0.6) is 0 Å². The standard InChI is InChI=1S/C13H16O3S/c1-10-2-4-11(5-3-10)16-12-6-8-13(9-7-12)17(14)15/h2,4,6,8H,3,5,7,9H2,1H3,(H,14,15). The van der Waals surface area contributed by atoms with E-state index < -0.39 is 11.1 Å². The lowest BCUT2D eigenvalue weighted by atomic mass is 10.1. The minimum absolute atomic E-state index is 0.561. The molecule has 2 aliphatic carbocycles. The molecule has 4 heteroatoms. The van der Waals surface area contributed by atoms with Gasteiger partial charge in [-0.05, 0) is 38.0 Å². The molecule has 0 aliphatic heterocycles. The SMILES string of the molecule is CC1=CC=C(OC2=CC=C(S(=O)O)CC2)CC1. The van der Waals surface area contributed by atoms with Crippen molar-refractivity contribution in [2.75, 3.05) is 0 Å². The Hall–Kier alpha value is -1.13. The highest BCUT2D eigenvalue weighted by Crippen LogP contribution is 2.26. The van der Waals surface area contributed by atoms with Crippen molar-refractivity contribution in [3.8, 4) is 0 Å². The summed E-state index contributed by atoms with van der Waals surface area (Å²) in [6.07, 6.45) is 10.8. The Morgan fingerprint density at radius 1 is 1.06 bits per heavy atom. The minimum atomic E-state index is -1.84. The van der Waals surface area contributed by atoms with Gasteiger partial charge in [-0.2, -0.15) is 0 Å². The third-order valence-corrected chi connectivity index (χ3v) is 3.67. The van der Waals surface area contributed by atoms with Gasteiger partial charge in [0.15, 0.2) is 11.1 Å². The van der Waals surface area contributed by atoms with Gasteiger partial charge in [-0.3, -0.25) is 0 Å². The van der Waals surface area contributed by atoms with Crippen molar-refractivity contribution >= 4 is 11.1 Å². The predicted molar refractivity (Wildman–Crippen MR) is 68.3 cm³/mol. The molecular weight excluding hydrogens is 236 g/mol. The molecule has 0 heterocycles. The van der Waals surface area contributed by atoms with E-state index in [1.54, 1.807) is 12.2 Å². The molecule has 92 valence electrons. The summed E-state index contributed by atoms with van der Waals surface area (Å²) in [4.78, 5) is 0.561. The molecule has 1 N–H and O–H groups in total. The van der Waals surface area contributed by atoms with Crippen LogP contribution in [0.4, 0.5) is 0 Å². The van der Waals surface area contributed by atoms with Crippen LogP contribution in [0.15, 0.2) is 46.3 Å². The average Bonchev–Trinajstić information content (AvgIpc) is 2.33. The van der Waals surface area contributed by atoms with Crippen molar-refractivity contribution in [1.82, 2.24) is 0 Å². The molecule has 2 aliphatic rings. The molecule has 0 bridgehead atoms. The summed E-state index contributed by atoms with van der Waals surface area (Å²) in [6.45, 7) is 2.11. The van der Waals surface area contributed by atoms with E-state index in [9.17, 15) is 4.21 Å². The van der Waals surface area contributed by atoms with Gasteiger partial charge >= 0.3 is 0 Å². The van der Waals surface area contributed by atoms with Gasteiger partial charge in [-0.25, -0.2) is 4.21 Å².